The molecule has 3 heterocycles. The van der Waals surface area contributed by atoms with Crippen molar-refractivity contribution in [2.75, 3.05) is 18.4 Å². The van der Waals surface area contributed by atoms with E-state index in [0.717, 1.165) is 42.7 Å². The second-order valence-electron chi connectivity index (χ2n) is 7.58. The summed E-state index contributed by atoms with van der Waals surface area (Å²) in [6, 6.07) is 1.94. The van der Waals surface area contributed by atoms with Gasteiger partial charge in [-0.3, -0.25) is 14.4 Å². The van der Waals surface area contributed by atoms with Gasteiger partial charge in [0.2, 0.25) is 5.91 Å². The lowest BCUT2D eigenvalue weighted by atomic mass is 9.92. The van der Waals surface area contributed by atoms with Crippen molar-refractivity contribution < 1.29 is 4.79 Å². The quantitative estimate of drug-likeness (QED) is 0.904. The van der Waals surface area contributed by atoms with E-state index in [0.29, 0.717) is 13.1 Å². The van der Waals surface area contributed by atoms with Gasteiger partial charge in [-0.2, -0.15) is 5.10 Å². The third kappa shape index (κ3) is 3.73. The Balaban J connectivity index is 1.61. The number of hydrogen-bond donors (Lipinski definition) is 1. The number of nitrogens with zero attached hydrogens (tertiary/aromatic N) is 6. The molecule has 0 saturated heterocycles. The highest BCUT2D eigenvalue weighted by molar-refractivity contribution is 5.91. The predicted molar refractivity (Wildman–Crippen MR) is 95.2 cm³/mol. The molecule has 136 valence electrons. The summed E-state index contributed by atoms with van der Waals surface area (Å²) >= 11 is 0. The lowest BCUT2D eigenvalue weighted by Gasteiger charge is -2.27. The molecule has 8 nitrogen and oxygen atoms in total. The van der Waals surface area contributed by atoms with E-state index >= 15 is 0 Å². The van der Waals surface area contributed by atoms with Crippen molar-refractivity contribution in [1.29, 1.82) is 0 Å². The fourth-order valence-electron chi connectivity index (χ4n) is 3.00. The van der Waals surface area contributed by atoms with E-state index < -0.39 is 0 Å². The van der Waals surface area contributed by atoms with Crippen molar-refractivity contribution in [2.45, 2.75) is 52.6 Å². The Morgan fingerprint density at radius 2 is 2.04 bits per heavy atom. The topological polar surface area (TPSA) is 80.9 Å². The van der Waals surface area contributed by atoms with Gasteiger partial charge >= 0.3 is 0 Å². The largest absolute Gasteiger partial charge is 0.313 e. The Hall–Kier alpha value is -2.22. The lowest BCUT2D eigenvalue weighted by molar-refractivity contribution is -0.117. The molecular formula is C17H27N7O. The second kappa shape index (κ2) is 6.59. The molecule has 1 amide bonds. The minimum Gasteiger partial charge on any atom is -0.313 e. The Morgan fingerprint density at radius 1 is 1.28 bits per heavy atom. The maximum Gasteiger partial charge on any atom is 0.239 e. The molecule has 1 aliphatic heterocycles. The summed E-state index contributed by atoms with van der Waals surface area (Å²) in [7, 11) is 1.85. The van der Waals surface area contributed by atoms with E-state index in [1.165, 1.54) is 0 Å². The summed E-state index contributed by atoms with van der Waals surface area (Å²) in [5.41, 5.74) is 0.915. The molecule has 25 heavy (non-hydrogen) atoms. The number of nitrogens with one attached hydrogen (secondary N) is 1. The van der Waals surface area contributed by atoms with Crippen LogP contribution in [0.4, 0.5) is 5.82 Å². The van der Waals surface area contributed by atoms with E-state index in [-0.39, 0.29) is 11.3 Å². The molecule has 2 aromatic heterocycles. The molecule has 0 saturated carbocycles. The molecule has 0 radical (unpaired) electrons. The number of carbonyl (C=O) groups is 1. The maximum absolute atomic E-state index is 12.4. The zero-order chi connectivity index (χ0) is 18.2. The molecule has 0 bridgehead atoms. The average molecular weight is 345 g/mol. The fraction of sp³-hybridized carbons (Fsp3) is 0.647. The first-order chi connectivity index (χ1) is 11.8. The number of hydrogen-bond acceptors (Lipinski definition) is 5. The van der Waals surface area contributed by atoms with Crippen molar-refractivity contribution in [3.8, 4) is 0 Å². The van der Waals surface area contributed by atoms with Crippen LogP contribution in [0.2, 0.25) is 0 Å². The second-order valence-corrected chi connectivity index (χ2v) is 7.58. The van der Waals surface area contributed by atoms with E-state index in [4.69, 9.17) is 0 Å². The van der Waals surface area contributed by atoms with Crippen LogP contribution in [0, 0.1) is 0 Å². The molecular weight excluding hydrogens is 318 g/mol. The van der Waals surface area contributed by atoms with Crippen LogP contribution < -0.4 is 5.32 Å². The van der Waals surface area contributed by atoms with Gasteiger partial charge < -0.3 is 9.88 Å². The normalized spacial score (nSPS) is 15.2. The monoisotopic (exact) mass is 345 g/mol. The van der Waals surface area contributed by atoms with Crippen LogP contribution in [0.25, 0.3) is 0 Å². The number of aryl methyl sites for hydroxylation is 2. The number of amides is 1. The van der Waals surface area contributed by atoms with Gasteiger partial charge in [-0.25, -0.2) is 0 Å². The zero-order valence-corrected chi connectivity index (χ0v) is 15.7. The van der Waals surface area contributed by atoms with Crippen LogP contribution in [0.1, 0.15) is 45.0 Å². The van der Waals surface area contributed by atoms with Crippen LogP contribution in [-0.2, 0) is 36.8 Å². The minimum absolute atomic E-state index is 0.0351. The first kappa shape index (κ1) is 17.6. The molecule has 1 aliphatic rings. The molecule has 2 aromatic rings. The van der Waals surface area contributed by atoms with Crippen molar-refractivity contribution in [1.82, 2.24) is 29.4 Å². The lowest BCUT2D eigenvalue weighted by Crippen LogP contribution is -2.39. The number of rotatable bonds is 4. The molecule has 0 unspecified atom stereocenters. The Labute approximate surface area is 148 Å². The smallest absolute Gasteiger partial charge is 0.239 e. The summed E-state index contributed by atoms with van der Waals surface area (Å²) in [6.07, 6.45) is 0.879. The molecule has 0 aliphatic carbocycles. The number of carbonyl (C=O) groups excluding carboxylic acids is 1. The third-order valence-corrected chi connectivity index (χ3v) is 4.51. The Morgan fingerprint density at radius 3 is 2.68 bits per heavy atom. The van der Waals surface area contributed by atoms with E-state index in [1.54, 1.807) is 4.68 Å². The van der Waals surface area contributed by atoms with Gasteiger partial charge in [-0.1, -0.05) is 27.7 Å². The van der Waals surface area contributed by atoms with E-state index in [9.17, 15) is 4.79 Å². The summed E-state index contributed by atoms with van der Waals surface area (Å²) in [4.78, 5) is 14.5. The SMILES string of the molecule is CCc1nnc2n1CCN(CC(=O)Nc1cc(C(C)(C)C)nn1C)C2. The molecule has 8 heteroatoms. The van der Waals surface area contributed by atoms with Crippen LogP contribution in [0.3, 0.4) is 0 Å². The fourth-order valence-corrected chi connectivity index (χ4v) is 3.00. The van der Waals surface area contributed by atoms with Crippen LogP contribution in [0.15, 0.2) is 6.07 Å². The van der Waals surface area contributed by atoms with Gasteiger partial charge in [0.25, 0.3) is 0 Å². The van der Waals surface area contributed by atoms with Gasteiger partial charge in [0.15, 0.2) is 0 Å². The number of anilines is 1. The molecule has 0 fully saturated rings. The first-order valence-corrected chi connectivity index (χ1v) is 8.75. The predicted octanol–water partition coefficient (Wildman–Crippen LogP) is 1.33. The van der Waals surface area contributed by atoms with Gasteiger partial charge in [-0.05, 0) is 0 Å². The van der Waals surface area contributed by atoms with Crippen LogP contribution >= 0.6 is 0 Å². The summed E-state index contributed by atoms with van der Waals surface area (Å²) in [5, 5.41) is 15.9. The molecule has 3 rings (SSSR count). The van der Waals surface area contributed by atoms with Gasteiger partial charge in [0.1, 0.15) is 17.5 Å². The van der Waals surface area contributed by atoms with E-state index in [1.807, 2.05) is 13.1 Å². The van der Waals surface area contributed by atoms with Crippen molar-refractivity contribution >= 4 is 11.7 Å². The molecule has 0 spiro atoms. The standard InChI is InChI=1S/C17H27N7O/c1-6-13-19-20-15-10-23(7-8-24(13)15)11-16(25)18-14-9-12(17(2,3)4)21-22(14)5/h9H,6-8,10-11H2,1-5H3,(H,18,25). The highest BCUT2D eigenvalue weighted by Crippen LogP contribution is 2.23. The third-order valence-electron chi connectivity index (χ3n) is 4.51. The molecule has 1 N–H and O–H groups in total. The molecule has 0 atom stereocenters. The summed E-state index contributed by atoms with van der Waals surface area (Å²) < 4.78 is 3.88. The van der Waals surface area contributed by atoms with Crippen molar-refractivity contribution in [3.05, 3.63) is 23.4 Å². The van der Waals surface area contributed by atoms with Crippen LogP contribution in [-0.4, -0.2) is 48.4 Å². The Bertz CT molecular complexity index is 769. The molecule has 0 aromatic carbocycles. The summed E-state index contributed by atoms with van der Waals surface area (Å²) in [5.74, 6) is 2.64. The average Bonchev–Trinajstić information content (AvgIpc) is 3.10. The number of fused-ring (bicyclic) bond motifs is 1. The maximum atomic E-state index is 12.4. The van der Waals surface area contributed by atoms with Gasteiger partial charge in [-0.15, -0.1) is 10.2 Å². The van der Waals surface area contributed by atoms with Crippen molar-refractivity contribution in [3.63, 3.8) is 0 Å². The first-order valence-electron chi connectivity index (χ1n) is 8.75. The Kier molecular flexibility index (Phi) is 4.64. The zero-order valence-electron chi connectivity index (χ0n) is 15.7. The van der Waals surface area contributed by atoms with Crippen molar-refractivity contribution in [2.24, 2.45) is 7.05 Å². The van der Waals surface area contributed by atoms with Gasteiger partial charge in [0.05, 0.1) is 18.8 Å². The van der Waals surface area contributed by atoms with E-state index in [2.05, 4.69) is 57.8 Å². The number of aromatic nitrogens is 5. The summed E-state index contributed by atoms with van der Waals surface area (Å²) in [6.45, 7) is 11.0. The van der Waals surface area contributed by atoms with Crippen LogP contribution in [0.5, 0.6) is 0 Å². The highest BCUT2D eigenvalue weighted by Gasteiger charge is 2.23. The van der Waals surface area contributed by atoms with Gasteiger partial charge in [0, 0.05) is 38.0 Å². The highest BCUT2D eigenvalue weighted by atomic mass is 16.2. The minimum atomic E-state index is -0.0470.